The molecular formula is C20H27N5O5. The van der Waals surface area contributed by atoms with Crippen LogP contribution in [0.1, 0.15) is 25.8 Å². The summed E-state index contributed by atoms with van der Waals surface area (Å²) in [5, 5.41) is 21.8. The van der Waals surface area contributed by atoms with E-state index in [0.29, 0.717) is 31.6 Å². The van der Waals surface area contributed by atoms with E-state index in [1.807, 2.05) is 23.1 Å². The zero-order valence-corrected chi connectivity index (χ0v) is 17.1. The summed E-state index contributed by atoms with van der Waals surface area (Å²) in [5.74, 6) is -1.04. The van der Waals surface area contributed by atoms with E-state index >= 15 is 0 Å². The number of nitrogens with zero attached hydrogens (tertiary/aromatic N) is 4. The number of aliphatic hydroxyl groups is 1. The smallest absolute Gasteiger partial charge is 0.329 e. The molecular weight excluding hydrogens is 390 g/mol. The number of carboxylic acid groups (broad SMARTS) is 1. The lowest BCUT2D eigenvalue weighted by Gasteiger charge is -2.40. The molecule has 2 fully saturated rings. The van der Waals surface area contributed by atoms with Crippen molar-refractivity contribution in [2.24, 2.45) is 7.05 Å². The number of fused-ring (bicyclic) bond motifs is 1. The first kappa shape index (κ1) is 20.4. The van der Waals surface area contributed by atoms with Crippen molar-refractivity contribution in [2.45, 2.75) is 38.1 Å². The minimum atomic E-state index is -1.10. The van der Waals surface area contributed by atoms with Crippen LogP contribution in [0.25, 0.3) is 11.0 Å². The second kappa shape index (κ2) is 7.77. The monoisotopic (exact) mass is 417 g/mol. The van der Waals surface area contributed by atoms with Gasteiger partial charge in [-0.25, -0.2) is 4.79 Å². The Morgan fingerprint density at radius 3 is 2.67 bits per heavy atom. The van der Waals surface area contributed by atoms with Gasteiger partial charge in [0.05, 0.1) is 23.6 Å². The van der Waals surface area contributed by atoms with E-state index in [4.69, 9.17) is 5.11 Å². The number of benzene rings is 1. The first-order valence-electron chi connectivity index (χ1n) is 10.2. The highest BCUT2D eigenvalue weighted by atomic mass is 16.4. The van der Waals surface area contributed by atoms with Gasteiger partial charge in [-0.1, -0.05) is 0 Å². The number of nitrogens with one attached hydrogen (secondary N) is 1. The molecule has 1 aromatic heterocycles. The van der Waals surface area contributed by atoms with Crippen LogP contribution in [0.2, 0.25) is 0 Å². The van der Waals surface area contributed by atoms with Crippen LogP contribution < -0.4 is 15.9 Å². The maximum atomic E-state index is 12.9. The van der Waals surface area contributed by atoms with Gasteiger partial charge in [0.25, 0.3) is 0 Å². The van der Waals surface area contributed by atoms with Gasteiger partial charge in [-0.15, -0.1) is 0 Å². The predicted molar refractivity (Wildman–Crippen MR) is 110 cm³/mol. The number of anilines is 1. The van der Waals surface area contributed by atoms with Crippen LogP contribution in [0.3, 0.4) is 0 Å². The van der Waals surface area contributed by atoms with Crippen LogP contribution in [-0.4, -0.2) is 74.6 Å². The summed E-state index contributed by atoms with van der Waals surface area (Å²) in [6.07, 6.45) is -0.437. The van der Waals surface area contributed by atoms with Crippen LogP contribution in [0.5, 0.6) is 0 Å². The summed E-state index contributed by atoms with van der Waals surface area (Å²) in [6.45, 7) is 4.10. The topological polar surface area (TPSA) is 120 Å². The summed E-state index contributed by atoms with van der Waals surface area (Å²) in [6, 6.07) is 5.42. The maximum absolute atomic E-state index is 12.9. The van der Waals surface area contributed by atoms with Gasteiger partial charge in [0, 0.05) is 44.8 Å². The molecule has 3 heterocycles. The number of hydrogen-bond donors (Lipinski definition) is 3. The zero-order chi connectivity index (χ0) is 21.6. The van der Waals surface area contributed by atoms with Gasteiger partial charge < -0.3 is 20.4 Å². The van der Waals surface area contributed by atoms with Crippen molar-refractivity contribution in [1.29, 1.82) is 0 Å². The molecule has 0 radical (unpaired) electrons. The molecule has 1 aromatic carbocycles. The molecule has 2 saturated heterocycles. The van der Waals surface area contributed by atoms with Crippen LogP contribution in [0.4, 0.5) is 5.69 Å². The Balaban J connectivity index is 1.64. The Morgan fingerprint density at radius 2 is 2.00 bits per heavy atom. The molecule has 0 spiro atoms. The lowest BCUT2D eigenvalue weighted by Crippen LogP contribution is -2.53. The number of piperazine rings is 1. The molecule has 3 N–H and O–H groups in total. The summed E-state index contributed by atoms with van der Waals surface area (Å²) in [4.78, 5) is 39.6. The zero-order valence-electron chi connectivity index (χ0n) is 17.1. The second-order valence-corrected chi connectivity index (χ2v) is 8.17. The van der Waals surface area contributed by atoms with Crippen molar-refractivity contribution < 1.29 is 19.8 Å². The van der Waals surface area contributed by atoms with Crippen molar-refractivity contribution in [2.75, 3.05) is 31.1 Å². The Hall–Kier alpha value is -2.85. The van der Waals surface area contributed by atoms with E-state index in [9.17, 15) is 19.5 Å². The van der Waals surface area contributed by atoms with E-state index in [1.165, 1.54) is 0 Å². The molecule has 3 atom stereocenters. The number of rotatable bonds is 4. The highest BCUT2D eigenvalue weighted by Crippen LogP contribution is 2.29. The Bertz CT molecular complexity index is 1040. The van der Waals surface area contributed by atoms with Gasteiger partial charge in [-0.2, -0.15) is 0 Å². The normalized spacial score (nSPS) is 25.5. The van der Waals surface area contributed by atoms with Crippen LogP contribution in [0.15, 0.2) is 23.0 Å². The number of aromatic nitrogens is 2. The SMILES string of the molecule is C[C@H]1CN(CC(=O)O)CCN1c1ccc2c(c1)n(C)c(=O)n2C1CCC(=O)NC1O. The van der Waals surface area contributed by atoms with Crippen molar-refractivity contribution in [3.8, 4) is 0 Å². The molecule has 2 aromatic rings. The first-order chi connectivity index (χ1) is 14.3. The highest BCUT2D eigenvalue weighted by Gasteiger charge is 2.32. The van der Waals surface area contributed by atoms with E-state index in [0.717, 1.165) is 11.2 Å². The minimum absolute atomic E-state index is 0.0365. The molecule has 0 bridgehead atoms. The number of aryl methyl sites for hydroxylation is 1. The van der Waals surface area contributed by atoms with Gasteiger partial charge in [0.2, 0.25) is 5.91 Å². The summed E-state index contributed by atoms with van der Waals surface area (Å²) < 4.78 is 3.13. The fourth-order valence-corrected chi connectivity index (χ4v) is 4.64. The quantitative estimate of drug-likeness (QED) is 0.625. The van der Waals surface area contributed by atoms with Crippen LogP contribution in [0, 0.1) is 0 Å². The molecule has 2 unspecified atom stereocenters. The fraction of sp³-hybridized carbons (Fsp3) is 0.550. The molecule has 1 amide bonds. The predicted octanol–water partition coefficient (Wildman–Crippen LogP) is -0.295. The Morgan fingerprint density at radius 1 is 1.23 bits per heavy atom. The number of piperidine rings is 1. The van der Waals surface area contributed by atoms with E-state index in [-0.39, 0.29) is 30.6 Å². The molecule has 10 nitrogen and oxygen atoms in total. The third kappa shape index (κ3) is 3.56. The molecule has 2 aliphatic heterocycles. The van der Waals surface area contributed by atoms with Crippen molar-refractivity contribution >= 4 is 28.6 Å². The molecule has 4 rings (SSSR count). The number of carbonyl (C=O) groups excluding carboxylic acids is 1. The Kier molecular flexibility index (Phi) is 5.29. The second-order valence-electron chi connectivity index (χ2n) is 8.17. The minimum Gasteiger partial charge on any atom is -0.480 e. The van der Waals surface area contributed by atoms with Gasteiger partial charge >= 0.3 is 11.7 Å². The summed E-state index contributed by atoms with van der Waals surface area (Å²) >= 11 is 0. The molecule has 10 heteroatoms. The van der Waals surface area contributed by atoms with E-state index in [1.54, 1.807) is 16.2 Å². The Labute approximate surface area is 173 Å². The number of hydrogen-bond acceptors (Lipinski definition) is 6. The molecule has 0 aliphatic carbocycles. The first-order valence-corrected chi connectivity index (χ1v) is 10.2. The van der Waals surface area contributed by atoms with Crippen molar-refractivity contribution in [3.63, 3.8) is 0 Å². The van der Waals surface area contributed by atoms with Crippen LogP contribution >= 0.6 is 0 Å². The summed E-state index contributed by atoms with van der Waals surface area (Å²) in [5.41, 5.74) is 2.20. The summed E-state index contributed by atoms with van der Waals surface area (Å²) in [7, 11) is 1.70. The van der Waals surface area contributed by atoms with Gasteiger partial charge in [-0.05, 0) is 31.5 Å². The number of aliphatic carboxylic acids is 1. The fourth-order valence-electron chi connectivity index (χ4n) is 4.64. The average Bonchev–Trinajstić information content (AvgIpc) is 2.92. The molecule has 162 valence electrons. The highest BCUT2D eigenvalue weighted by molar-refractivity contribution is 5.81. The lowest BCUT2D eigenvalue weighted by atomic mass is 10.0. The average molecular weight is 417 g/mol. The standard InChI is InChI=1S/C20H27N5O5/c1-12-10-23(11-18(27)28)7-8-24(12)13-3-4-14-16(9-13)22(2)20(30)25(14)15-5-6-17(26)21-19(15)29/h3-4,9,12,15,19,29H,5-8,10-11H2,1-2H3,(H,21,26)(H,27,28)/t12-,15?,19?/m0/s1. The third-order valence-corrected chi connectivity index (χ3v) is 6.15. The third-order valence-electron chi connectivity index (χ3n) is 6.15. The lowest BCUT2D eigenvalue weighted by molar-refractivity contribution is -0.138. The molecule has 30 heavy (non-hydrogen) atoms. The molecule has 0 saturated carbocycles. The number of imidazole rings is 1. The van der Waals surface area contributed by atoms with Crippen molar-refractivity contribution in [1.82, 2.24) is 19.4 Å². The van der Waals surface area contributed by atoms with Gasteiger partial charge in [0.1, 0.15) is 6.23 Å². The van der Waals surface area contributed by atoms with Crippen LogP contribution in [-0.2, 0) is 16.6 Å². The number of aliphatic hydroxyl groups excluding tert-OH is 1. The van der Waals surface area contributed by atoms with E-state index < -0.39 is 18.2 Å². The molecule has 2 aliphatic rings. The number of amides is 1. The van der Waals surface area contributed by atoms with Crippen molar-refractivity contribution in [3.05, 3.63) is 28.7 Å². The number of carbonyl (C=O) groups is 2. The maximum Gasteiger partial charge on any atom is 0.329 e. The van der Waals surface area contributed by atoms with E-state index in [2.05, 4.69) is 17.1 Å². The van der Waals surface area contributed by atoms with Gasteiger partial charge in [-0.3, -0.25) is 23.6 Å². The number of carboxylic acids is 1. The largest absolute Gasteiger partial charge is 0.480 e. The van der Waals surface area contributed by atoms with Gasteiger partial charge in [0.15, 0.2) is 0 Å².